The summed E-state index contributed by atoms with van der Waals surface area (Å²) in [6.07, 6.45) is 4.84. The number of methoxy groups -OCH3 is 2. The summed E-state index contributed by atoms with van der Waals surface area (Å²) in [7, 11) is 3.11. The first-order valence-corrected chi connectivity index (χ1v) is 11.3. The average molecular weight is 464 g/mol. The number of nitrogens with one attached hydrogen (secondary N) is 1. The van der Waals surface area contributed by atoms with Crippen LogP contribution in [0.15, 0.2) is 48.7 Å². The number of fused-ring (bicyclic) bond motifs is 1. The summed E-state index contributed by atoms with van der Waals surface area (Å²) < 4.78 is 24.1. The average Bonchev–Trinajstić information content (AvgIpc) is 3.46. The normalized spacial score (nSPS) is 18.4. The number of H-pyrrole nitrogens is 1. The molecule has 8 heteroatoms. The summed E-state index contributed by atoms with van der Waals surface area (Å²) in [6, 6.07) is 10.0. The van der Waals surface area contributed by atoms with Gasteiger partial charge in [-0.25, -0.2) is 4.39 Å². The highest BCUT2D eigenvalue weighted by molar-refractivity contribution is 6.01. The summed E-state index contributed by atoms with van der Waals surface area (Å²) in [5, 5.41) is 0.972. The maximum atomic E-state index is 13.5. The van der Waals surface area contributed by atoms with Gasteiger partial charge in [0, 0.05) is 60.5 Å². The van der Waals surface area contributed by atoms with Gasteiger partial charge in [-0.15, -0.1) is 0 Å². The van der Waals surface area contributed by atoms with Crippen LogP contribution in [-0.4, -0.2) is 55.6 Å². The Morgan fingerprint density at radius 1 is 1.12 bits per heavy atom. The third-order valence-corrected chi connectivity index (χ3v) is 6.66. The van der Waals surface area contributed by atoms with Crippen LogP contribution in [-0.2, 0) is 9.59 Å². The van der Waals surface area contributed by atoms with Crippen LogP contribution >= 0.6 is 0 Å². The molecule has 1 aromatic heterocycles. The molecule has 5 rings (SSSR count). The van der Waals surface area contributed by atoms with E-state index in [2.05, 4.69) is 11.1 Å². The minimum Gasteiger partial charge on any atom is -0.493 e. The molecule has 7 nitrogen and oxygen atoms in total. The number of nitrogens with zero attached hydrogens (tertiary/aromatic N) is 2. The second-order valence-electron chi connectivity index (χ2n) is 8.60. The predicted molar refractivity (Wildman–Crippen MR) is 127 cm³/mol. The minimum absolute atomic E-state index is 0.00683. The molecule has 1 fully saturated rings. The third-order valence-electron chi connectivity index (χ3n) is 6.66. The molecule has 34 heavy (non-hydrogen) atoms. The quantitative estimate of drug-likeness (QED) is 0.621. The number of carbonyl (C=O) groups excluding carboxylic acids is 2. The largest absolute Gasteiger partial charge is 0.493 e. The number of rotatable bonds is 5. The number of halogens is 1. The van der Waals surface area contributed by atoms with Gasteiger partial charge in [0.15, 0.2) is 11.5 Å². The molecule has 0 aliphatic carbocycles. The predicted octanol–water partition coefficient (Wildman–Crippen LogP) is 3.99. The lowest BCUT2D eigenvalue weighted by atomic mass is 9.97. The zero-order chi connectivity index (χ0) is 23.8. The zero-order valence-corrected chi connectivity index (χ0v) is 19.1. The highest BCUT2D eigenvalue weighted by Gasteiger charge is 2.37. The summed E-state index contributed by atoms with van der Waals surface area (Å²) >= 11 is 0. The standard InChI is InChI=1S/C26H26FN3O4/c1-33-23-6-4-19(13-24(23)34-2)30-15-17(11-25(30)31)26(32)29-9-7-16(8-10-29)21-14-28-22-12-18(27)3-5-20(21)22/h3-7,12-14,17,28H,8-11,15H2,1-2H3. The number of hydrogen-bond acceptors (Lipinski definition) is 4. The van der Waals surface area contributed by atoms with Crippen molar-refractivity contribution >= 4 is 34.0 Å². The molecule has 176 valence electrons. The Balaban J connectivity index is 1.28. The van der Waals surface area contributed by atoms with Crippen LogP contribution < -0.4 is 14.4 Å². The first kappa shape index (κ1) is 22.0. The fraction of sp³-hybridized carbons (Fsp3) is 0.308. The molecular weight excluding hydrogens is 437 g/mol. The fourth-order valence-electron chi connectivity index (χ4n) is 4.85. The van der Waals surface area contributed by atoms with E-state index in [1.807, 2.05) is 11.1 Å². The van der Waals surface area contributed by atoms with E-state index in [-0.39, 0.29) is 30.0 Å². The molecule has 2 aliphatic heterocycles. The molecule has 0 spiro atoms. The maximum absolute atomic E-state index is 13.5. The van der Waals surface area contributed by atoms with Crippen molar-refractivity contribution in [3.8, 4) is 11.5 Å². The summed E-state index contributed by atoms with van der Waals surface area (Å²) in [5.74, 6) is 0.380. The van der Waals surface area contributed by atoms with Crippen LogP contribution in [0.5, 0.6) is 11.5 Å². The van der Waals surface area contributed by atoms with E-state index >= 15 is 0 Å². The zero-order valence-electron chi connectivity index (χ0n) is 19.1. The molecule has 3 heterocycles. The van der Waals surface area contributed by atoms with Gasteiger partial charge >= 0.3 is 0 Å². The van der Waals surface area contributed by atoms with Gasteiger partial charge in [0.2, 0.25) is 11.8 Å². The van der Waals surface area contributed by atoms with E-state index in [0.29, 0.717) is 43.2 Å². The van der Waals surface area contributed by atoms with Crippen molar-refractivity contribution in [2.24, 2.45) is 5.92 Å². The van der Waals surface area contributed by atoms with Crippen LogP contribution in [0.25, 0.3) is 16.5 Å². The molecule has 1 N–H and O–H groups in total. The Morgan fingerprint density at radius 2 is 1.94 bits per heavy atom. The van der Waals surface area contributed by atoms with Crippen LogP contribution in [0.4, 0.5) is 10.1 Å². The number of aromatic amines is 1. The number of carbonyl (C=O) groups is 2. The van der Waals surface area contributed by atoms with Crippen molar-refractivity contribution in [2.75, 3.05) is 38.8 Å². The lowest BCUT2D eigenvalue weighted by molar-refractivity contribution is -0.135. The second-order valence-corrected chi connectivity index (χ2v) is 8.60. The van der Waals surface area contributed by atoms with Crippen molar-refractivity contribution in [1.82, 2.24) is 9.88 Å². The lowest BCUT2D eigenvalue weighted by Gasteiger charge is -2.28. The lowest BCUT2D eigenvalue weighted by Crippen LogP contribution is -2.39. The summed E-state index contributed by atoms with van der Waals surface area (Å²) in [5.41, 5.74) is 3.62. The van der Waals surface area contributed by atoms with E-state index in [4.69, 9.17) is 9.47 Å². The first-order valence-electron chi connectivity index (χ1n) is 11.3. The summed E-state index contributed by atoms with van der Waals surface area (Å²) in [4.78, 5) is 32.5. The monoisotopic (exact) mass is 463 g/mol. The summed E-state index contributed by atoms with van der Waals surface area (Å²) in [6.45, 7) is 1.41. The molecule has 3 aromatic rings. The Bertz CT molecular complexity index is 1300. The van der Waals surface area contributed by atoms with Crippen molar-refractivity contribution < 1.29 is 23.5 Å². The molecule has 1 unspecified atom stereocenters. The Labute approximate surface area is 196 Å². The number of aromatic nitrogens is 1. The number of benzene rings is 2. The topological polar surface area (TPSA) is 74.9 Å². The van der Waals surface area contributed by atoms with E-state index in [1.165, 1.54) is 12.1 Å². The molecular formula is C26H26FN3O4. The molecule has 2 aromatic carbocycles. The number of anilines is 1. The van der Waals surface area contributed by atoms with Gasteiger partial charge < -0.3 is 24.3 Å². The van der Waals surface area contributed by atoms with Crippen molar-refractivity contribution in [2.45, 2.75) is 12.8 Å². The first-order chi connectivity index (χ1) is 16.5. The van der Waals surface area contributed by atoms with Gasteiger partial charge in [0.1, 0.15) is 5.82 Å². The number of hydrogen-bond donors (Lipinski definition) is 1. The Morgan fingerprint density at radius 3 is 2.68 bits per heavy atom. The molecule has 0 bridgehead atoms. The van der Waals surface area contributed by atoms with Crippen LogP contribution in [0, 0.1) is 11.7 Å². The van der Waals surface area contributed by atoms with Crippen molar-refractivity contribution in [3.63, 3.8) is 0 Å². The number of amides is 2. The van der Waals surface area contributed by atoms with Gasteiger partial charge in [0.05, 0.1) is 20.1 Å². The SMILES string of the molecule is COc1ccc(N2CC(C(=O)N3CC=C(c4c[nH]c5cc(F)ccc45)CC3)CC2=O)cc1OC. The van der Waals surface area contributed by atoms with Crippen LogP contribution in [0.2, 0.25) is 0 Å². The van der Waals surface area contributed by atoms with Crippen molar-refractivity contribution in [1.29, 1.82) is 0 Å². The van der Waals surface area contributed by atoms with Crippen LogP contribution in [0.1, 0.15) is 18.4 Å². The van der Waals surface area contributed by atoms with Gasteiger partial charge in [-0.1, -0.05) is 6.08 Å². The maximum Gasteiger partial charge on any atom is 0.228 e. The Kier molecular flexibility index (Phi) is 5.73. The van der Waals surface area contributed by atoms with E-state index in [1.54, 1.807) is 43.4 Å². The molecule has 0 saturated carbocycles. The highest BCUT2D eigenvalue weighted by Crippen LogP contribution is 2.35. The van der Waals surface area contributed by atoms with Gasteiger partial charge in [-0.3, -0.25) is 9.59 Å². The minimum atomic E-state index is -0.383. The highest BCUT2D eigenvalue weighted by atomic mass is 19.1. The third kappa shape index (κ3) is 3.89. The molecule has 1 saturated heterocycles. The Hall–Kier alpha value is -3.81. The van der Waals surface area contributed by atoms with Gasteiger partial charge in [-0.2, -0.15) is 0 Å². The van der Waals surface area contributed by atoms with E-state index < -0.39 is 0 Å². The van der Waals surface area contributed by atoms with Gasteiger partial charge in [0.25, 0.3) is 0 Å². The number of ether oxygens (including phenoxy) is 2. The van der Waals surface area contributed by atoms with E-state index in [9.17, 15) is 14.0 Å². The van der Waals surface area contributed by atoms with Crippen LogP contribution in [0.3, 0.4) is 0 Å². The second kappa shape index (κ2) is 8.85. The molecule has 2 aliphatic rings. The van der Waals surface area contributed by atoms with E-state index in [0.717, 1.165) is 22.0 Å². The van der Waals surface area contributed by atoms with Crippen molar-refractivity contribution in [3.05, 3.63) is 60.1 Å². The smallest absolute Gasteiger partial charge is 0.228 e. The fourth-order valence-corrected chi connectivity index (χ4v) is 4.85. The van der Waals surface area contributed by atoms with Gasteiger partial charge in [-0.05, 0) is 42.3 Å². The molecule has 1 atom stereocenters. The molecule has 2 amide bonds. The molecule has 0 radical (unpaired) electrons.